The molecule has 2 aliphatic carbocycles. The molecule has 0 heterocycles. The smallest absolute Gasteiger partial charge is 0.158 e. The van der Waals surface area contributed by atoms with Crippen LogP contribution in [-0.4, -0.2) is 11.6 Å². The van der Waals surface area contributed by atoms with Crippen LogP contribution in [0.5, 0.6) is 0 Å². The van der Waals surface area contributed by atoms with Crippen molar-refractivity contribution in [1.82, 2.24) is 0 Å². The molecule has 0 amide bonds. The molecule has 0 saturated heterocycles. The summed E-state index contributed by atoms with van der Waals surface area (Å²) >= 11 is 0. The van der Waals surface area contributed by atoms with E-state index in [1.165, 1.54) is 0 Å². The van der Waals surface area contributed by atoms with Gasteiger partial charge in [-0.3, -0.25) is 9.59 Å². The van der Waals surface area contributed by atoms with Crippen LogP contribution in [0.4, 0.5) is 0 Å². The van der Waals surface area contributed by atoms with Crippen molar-refractivity contribution in [2.24, 2.45) is 5.92 Å². The highest BCUT2D eigenvalue weighted by Crippen LogP contribution is 2.32. The number of Topliss-reactive ketones (excluding diaryl/α,β-unsaturated/α-hetero) is 2. The summed E-state index contributed by atoms with van der Waals surface area (Å²) in [6.07, 6.45) is 5.63. The summed E-state index contributed by atoms with van der Waals surface area (Å²) in [4.78, 5) is 22.4. The van der Waals surface area contributed by atoms with Crippen LogP contribution >= 0.6 is 0 Å². The van der Waals surface area contributed by atoms with Gasteiger partial charge in [0, 0.05) is 19.3 Å². The van der Waals surface area contributed by atoms with E-state index in [1.54, 1.807) is 0 Å². The molecule has 0 radical (unpaired) electrons. The van der Waals surface area contributed by atoms with Gasteiger partial charge in [-0.1, -0.05) is 6.08 Å². The minimum absolute atomic E-state index is 0.271. The van der Waals surface area contributed by atoms with E-state index in [4.69, 9.17) is 0 Å². The van der Waals surface area contributed by atoms with Gasteiger partial charge in [0.25, 0.3) is 0 Å². The van der Waals surface area contributed by atoms with Crippen LogP contribution in [0.15, 0.2) is 11.6 Å². The van der Waals surface area contributed by atoms with Crippen LogP contribution in [0.2, 0.25) is 0 Å². The number of rotatable bonds is 0. The van der Waals surface area contributed by atoms with Gasteiger partial charge in [0.1, 0.15) is 5.78 Å². The Kier molecular flexibility index (Phi) is 1.83. The molecule has 0 N–H and O–H groups in total. The molecule has 1 saturated carbocycles. The average Bonchev–Trinajstić information content (AvgIpc) is 2.04. The standard InChI is InChI=1S/C10H12O2/c11-8-4-5-9-7(6-8)2-1-3-10(9)12/h5,7H,1-4,6H2. The first-order valence-electron chi connectivity index (χ1n) is 4.52. The first-order valence-corrected chi connectivity index (χ1v) is 4.52. The van der Waals surface area contributed by atoms with Gasteiger partial charge in [0.05, 0.1) is 0 Å². The van der Waals surface area contributed by atoms with E-state index in [2.05, 4.69) is 0 Å². The summed E-state index contributed by atoms with van der Waals surface area (Å²) in [7, 11) is 0. The topological polar surface area (TPSA) is 34.1 Å². The monoisotopic (exact) mass is 164 g/mol. The Hall–Kier alpha value is -0.920. The molecule has 64 valence electrons. The fourth-order valence-corrected chi connectivity index (χ4v) is 2.11. The van der Waals surface area contributed by atoms with Gasteiger partial charge in [-0.05, 0) is 24.3 Å². The number of carbonyl (C=O) groups is 2. The lowest BCUT2D eigenvalue weighted by Gasteiger charge is -2.26. The normalized spacial score (nSPS) is 29.7. The van der Waals surface area contributed by atoms with Crippen molar-refractivity contribution >= 4 is 11.6 Å². The molecule has 2 heteroatoms. The summed E-state index contributed by atoms with van der Waals surface area (Å²) in [6.45, 7) is 0. The number of fused-ring (bicyclic) bond motifs is 1. The van der Waals surface area contributed by atoms with Crippen LogP contribution in [-0.2, 0) is 9.59 Å². The van der Waals surface area contributed by atoms with Crippen molar-refractivity contribution in [3.63, 3.8) is 0 Å². The van der Waals surface area contributed by atoms with E-state index in [-0.39, 0.29) is 11.7 Å². The Balaban J connectivity index is 2.25. The first-order chi connectivity index (χ1) is 5.77. The lowest BCUT2D eigenvalue weighted by molar-refractivity contribution is -0.121. The molecule has 0 aliphatic heterocycles. The molecular formula is C10H12O2. The van der Waals surface area contributed by atoms with Crippen LogP contribution in [0.1, 0.15) is 32.1 Å². The number of hydrogen-bond acceptors (Lipinski definition) is 2. The second-order valence-corrected chi connectivity index (χ2v) is 3.62. The van der Waals surface area contributed by atoms with Crippen LogP contribution in [0, 0.1) is 5.92 Å². The molecule has 0 aromatic rings. The number of ketones is 2. The number of carbonyl (C=O) groups excluding carboxylic acids is 2. The average molecular weight is 164 g/mol. The van der Waals surface area contributed by atoms with Crippen LogP contribution in [0.3, 0.4) is 0 Å². The molecule has 2 nitrogen and oxygen atoms in total. The minimum atomic E-state index is 0.271. The largest absolute Gasteiger partial charge is 0.299 e. The quantitative estimate of drug-likeness (QED) is 0.545. The first kappa shape index (κ1) is 7.71. The maximum absolute atomic E-state index is 11.4. The van der Waals surface area contributed by atoms with E-state index in [0.717, 1.165) is 18.4 Å². The third-order valence-corrected chi connectivity index (χ3v) is 2.74. The highest BCUT2D eigenvalue weighted by Gasteiger charge is 2.29. The second-order valence-electron chi connectivity index (χ2n) is 3.62. The Morgan fingerprint density at radius 2 is 2.17 bits per heavy atom. The summed E-state index contributed by atoms with van der Waals surface area (Å²) < 4.78 is 0. The molecule has 0 bridgehead atoms. The third-order valence-electron chi connectivity index (χ3n) is 2.74. The molecule has 2 aliphatic rings. The van der Waals surface area contributed by atoms with Gasteiger partial charge >= 0.3 is 0 Å². The lowest BCUT2D eigenvalue weighted by Crippen LogP contribution is -2.24. The molecule has 0 aromatic carbocycles. The van der Waals surface area contributed by atoms with E-state index in [1.807, 2.05) is 6.08 Å². The fraction of sp³-hybridized carbons (Fsp3) is 0.600. The summed E-state index contributed by atoms with van der Waals surface area (Å²) in [5, 5.41) is 0. The van der Waals surface area contributed by atoms with E-state index < -0.39 is 0 Å². The van der Waals surface area contributed by atoms with Crippen molar-refractivity contribution in [2.45, 2.75) is 32.1 Å². The summed E-state index contributed by atoms with van der Waals surface area (Å²) in [5.41, 5.74) is 0.945. The van der Waals surface area contributed by atoms with E-state index in [9.17, 15) is 9.59 Å². The second kappa shape index (κ2) is 2.85. The number of allylic oxidation sites excluding steroid dienone is 2. The van der Waals surface area contributed by atoms with Crippen molar-refractivity contribution in [2.75, 3.05) is 0 Å². The molecule has 0 aromatic heterocycles. The van der Waals surface area contributed by atoms with Gasteiger partial charge in [-0.15, -0.1) is 0 Å². The summed E-state index contributed by atoms with van der Waals surface area (Å²) in [6, 6.07) is 0. The molecule has 1 fully saturated rings. The van der Waals surface area contributed by atoms with Crippen molar-refractivity contribution in [3.8, 4) is 0 Å². The predicted molar refractivity (Wildman–Crippen MR) is 44.7 cm³/mol. The molecule has 2 rings (SSSR count). The van der Waals surface area contributed by atoms with Crippen molar-refractivity contribution < 1.29 is 9.59 Å². The van der Waals surface area contributed by atoms with Crippen LogP contribution in [0.25, 0.3) is 0 Å². The molecule has 12 heavy (non-hydrogen) atoms. The fourth-order valence-electron chi connectivity index (χ4n) is 2.11. The highest BCUT2D eigenvalue weighted by atomic mass is 16.1. The van der Waals surface area contributed by atoms with Gasteiger partial charge < -0.3 is 0 Å². The maximum Gasteiger partial charge on any atom is 0.158 e. The Labute approximate surface area is 71.6 Å². The minimum Gasteiger partial charge on any atom is -0.299 e. The zero-order valence-corrected chi connectivity index (χ0v) is 7.01. The molecule has 1 atom stereocenters. The zero-order valence-electron chi connectivity index (χ0n) is 7.01. The summed E-state index contributed by atoms with van der Waals surface area (Å²) in [5.74, 6) is 0.838. The van der Waals surface area contributed by atoms with Crippen molar-refractivity contribution in [1.29, 1.82) is 0 Å². The zero-order chi connectivity index (χ0) is 8.55. The predicted octanol–water partition coefficient (Wildman–Crippen LogP) is 1.64. The third kappa shape index (κ3) is 1.22. The van der Waals surface area contributed by atoms with Gasteiger partial charge in [-0.25, -0.2) is 0 Å². The SMILES string of the molecule is O=C1CC=C2C(=O)CCCC2C1. The van der Waals surface area contributed by atoms with Gasteiger partial charge in [0.15, 0.2) is 5.78 Å². The molecule has 1 unspecified atom stereocenters. The van der Waals surface area contributed by atoms with E-state index >= 15 is 0 Å². The molecule has 0 spiro atoms. The lowest BCUT2D eigenvalue weighted by atomic mass is 9.77. The van der Waals surface area contributed by atoms with Gasteiger partial charge in [0.2, 0.25) is 0 Å². The molecular weight excluding hydrogens is 152 g/mol. The Bertz CT molecular complexity index is 263. The number of hydrogen-bond donors (Lipinski definition) is 0. The van der Waals surface area contributed by atoms with E-state index in [0.29, 0.717) is 25.0 Å². The van der Waals surface area contributed by atoms with Crippen molar-refractivity contribution in [3.05, 3.63) is 11.6 Å². The maximum atomic E-state index is 11.4. The highest BCUT2D eigenvalue weighted by molar-refractivity contribution is 5.99. The van der Waals surface area contributed by atoms with Crippen LogP contribution < -0.4 is 0 Å². The Morgan fingerprint density at radius 3 is 3.00 bits per heavy atom. The van der Waals surface area contributed by atoms with Gasteiger partial charge in [-0.2, -0.15) is 0 Å². The Morgan fingerprint density at radius 1 is 1.33 bits per heavy atom.